The molecule has 1 aromatic heterocycles. The molecule has 0 aliphatic carbocycles. The molecule has 0 radical (unpaired) electrons. The fraction of sp³-hybridized carbons (Fsp3) is 0.250. The number of carbonyl (C=O) groups is 2. The summed E-state index contributed by atoms with van der Waals surface area (Å²) in [6, 6.07) is 3.00. The number of halogens is 1. The van der Waals surface area contributed by atoms with Gasteiger partial charge in [-0.25, -0.2) is 0 Å². The van der Waals surface area contributed by atoms with Gasteiger partial charge >= 0.3 is 0 Å². The third-order valence-corrected chi connectivity index (χ3v) is 1.69. The number of nitrogens with zero attached hydrogens (tertiary/aromatic N) is 3. The Morgan fingerprint density at radius 1 is 1.27 bits per heavy atom. The zero-order valence-corrected chi connectivity index (χ0v) is 8.95. The Bertz CT molecular complexity index is 365. The number of anilines is 1. The van der Waals surface area contributed by atoms with Crippen molar-refractivity contribution in [2.45, 2.75) is 13.8 Å². The predicted molar refractivity (Wildman–Crippen MR) is 53.9 cm³/mol. The van der Waals surface area contributed by atoms with E-state index in [4.69, 9.17) is 11.6 Å². The van der Waals surface area contributed by atoms with Crippen LogP contribution in [0.5, 0.6) is 0 Å². The van der Waals surface area contributed by atoms with E-state index in [0.29, 0.717) is 0 Å². The van der Waals surface area contributed by atoms with E-state index in [0.717, 1.165) is 5.01 Å². The van der Waals surface area contributed by atoms with Gasteiger partial charge in [-0.2, -0.15) is 5.01 Å². The van der Waals surface area contributed by atoms with Crippen LogP contribution in [0.4, 0.5) is 5.82 Å². The Morgan fingerprint density at radius 3 is 2.27 bits per heavy atom. The van der Waals surface area contributed by atoms with E-state index in [1.54, 1.807) is 0 Å². The van der Waals surface area contributed by atoms with Gasteiger partial charge in [-0.3, -0.25) is 15.0 Å². The van der Waals surface area contributed by atoms with Crippen molar-refractivity contribution < 1.29 is 9.59 Å². The van der Waals surface area contributed by atoms with Crippen molar-refractivity contribution in [1.29, 1.82) is 0 Å². The van der Waals surface area contributed by atoms with Crippen LogP contribution in [-0.2, 0) is 9.59 Å². The number of carbonyl (C=O) groups excluding carboxylic acids is 2. The SMILES string of the molecule is CC(=O)N(Nc1ccc(Cl)nn1)C(C)=O. The van der Waals surface area contributed by atoms with Crippen LogP contribution in [0.25, 0.3) is 0 Å². The second kappa shape index (κ2) is 4.70. The maximum Gasteiger partial charge on any atom is 0.245 e. The molecular weight excluding hydrogens is 220 g/mol. The molecule has 15 heavy (non-hydrogen) atoms. The molecule has 0 saturated carbocycles. The second-order valence-electron chi connectivity index (χ2n) is 2.73. The minimum absolute atomic E-state index is 0.234. The van der Waals surface area contributed by atoms with Gasteiger partial charge in [0.15, 0.2) is 11.0 Å². The molecule has 1 aromatic rings. The van der Waals surface area contributed by atoms with Gasteiger partial charge in [0.2, 0.25) is 11.8 Å². The van der Waals surface area contributed by atoms with Gasteiger partial charge in [0.1, 0.15) is 0 Å². The van der Waals surface area contributed by atoms with Gasteiger partial charge in [0, 0.05) is 13.8 Å². The quantitative estimate of drug-likeness (QED) is 0.760. The lowest BCUT2D eigenvalue weighted by molar-refractivity contribution is -0.140. The molecule has 0 bridgehead atoms. The lowest BCUT2D eigenvalue weighted by Crippen LogP contribution is -2.38. The van der Waals surface area contributed by atoms with Crippen LogP contribution < -0.4 is 5.43 Å². The molecule has 0 aliphatic heterocycles. The summed E-state index contributed by atoms with van der Waals surface area (Å²) in [6.07, 6.45) is 0. The number of hydrogen-bond donors (Lipinski definition) is 1. The molecule has 1 N–H and O–H groups in total. The van der Waals surface area contributed by atoms with Gasteiger partial charge in [0.25, 0.3) is 0 Å². The highest BCUT2D eigenvalue weighted by Crippen LogP contribution is 2.07. The summed E-state index contributed by atoms with van der Waals surface area (Å²) in [5.74, 6) is -0.594. The lowest BCUT2D eigenvalue weighted by atomic mass is 10.5. The zero-order valence-electron chi connectivity index (χ0n) is 8.19. The maximum atomic E-state index is 11.0. The maximum absolute atomic E-state index is 11.0. The zero-order chi connectivity index (χ0) is 11.4. The van der Waals surface area contributed by atoms with Crippen LogP contribution >= 0.6 is 11.6 Å². The highest BCUT2D eigenvalue weighted by Gasteiger charge is 2.13. The van der Waals surface area contributed by atoms with Gasteiger partial charge in [-0.15, -0.1) is 10.2 Å². The van der Waals surface area contributed by atoms with Crippen LogP contribution in [0, 0.1) is 0 Å². The van der Waals surface area contributed by atoms with Crippen molar-refractivity contribution in [3.8, 4) is 0 Å². The molecule has 80 valence electrons. The van der Waals surface area contributed by atoms with E-state index in [2.05, 4.69) is 15.6 Å². The molecule has 6 nitrogen and oxygen atoms in total. The lowest BCUT2D eigenvalue weighted by Gasteiger charge is -2.17. The van der Waals surface area contributed by atoms with Crippen molar-refractivity contribution in [3.63, 3.8) is 0 Å². The molecule has 0 atom stereocenters. The number of aromatic nitrogens is 2. The van der Waals surface area contributed by atoms with Crippen molar-refractivity contribution in [2.24, 2.45) is 0 Å². The smallest absolute Gasteiger partial charge is 0.245 e. The van der Waals surface area contributed by atoms with E-state index in [9.17, 15) is 9.59 Å². The Balaban J connectivity index is 2.79. The van der Waals surface area contributed by atoms with Crippen LogP contribution in [0.2, 0.25) is 5.15 Å². The monoisotopic (exact) mass is 228 g/mol. The third kappa shape index (κ3) is 3.17. The Labute approximate surface area is 91.2 Å². The molecule has 0 aromatic carbocycles. The van der Waals surface area contributed by atoms with Crippen LogP contribution in [0.3, 0.4) is 0 Å². The van der Waals surface area contributed by atoms with Gasteiger partial charge in [-0.05, 0) is 12.1 Å². The molecule has 0 aliphatic rings. The van der Waals surface area contributed by atoms with E-state index >= 15 is 0 Å². The van der Waals surface area contributed by atoms with Crippen molar-refractivity contribution in [2.75, 3.05) is 5.43 Å². The summed E-state index contributed by atoms with van der Waals surface area (Å²) in [6.45, 7) is 2.52. The summed E-state index contributed by atoms with van der Waals surface area (Å²) >= 11 is 5.52. The van der Waals surface area contributed by atoms with E-state index in [1.807, 2.05) is 0 Å². The molecule has 0 spiro atoms. The topological polar surface area (TPSA) is 75.2 Å². The molecular formula is C8H9ClN4O2. The Kier molecular flexibility index (Phi) is 3.56. The van der Waals surface area contributed by atoms with Crippen LogP contribution in [-0.4, -0.2) is 27.0 Å². The summed E-state index contributed by atoms with van der Waals surface area (Å²) < 4.78 is 0. The van der Waals surface area contributed by atoms with Crippen molar-refractivity contribution in [3.05, 3.63) is 17.3 Å². The first-order valence-corrected chi connectivity index (χ1v) is 4.45. The average Bonchev–Trinajstić information content (AvgIpc) is 2.15. The molecule has 2 amide bonds. The number of hydrazine groups is 1. The number of nitrogens with one attached hydrogen (secondary N) is 1. The molecule has 1 heterocycles. The van der Waals surface area contributed by atoms with Crippen LogP contribution in [0.1, 0.15) is 13.8 Å². The highest BCUT2D eigenvalue weighted by atomic mass is 35.5. The van der Waals surface area contributed by atoms with E-state index < -0.39 is 11.8 Å². The van der Waals surface area contributed by atoms with Gasteiger partial charge in [-0.1, -0.05) is 11.6 Å². The number of imide groups is 1. The number of hydrogen-bond acceptors (Lipinski definition) is 5. The Morgan fingerprint density at radius 2 is 1.87 bits per heavy atom. The minimum Gasteiger partial charge on any atom is -0.273 e. The summed E-state index contributed by atoms with van der Waals surface area (Å²) in [7, 11) is 0. The van der Waals surface area contributed by atoms with Crippen molar-refractivity contribution >= 4 is 29.2 Å². The van der Waals surface area contributed by atoms with E-state index in [-0.39, 0.29) is 11.0 Å². The summed E-state index contributed by atoms with van der Waals surface area (Å²) in [4.78, 5) is 22.1. The standard InChI is InChI=1S/C8H9ClN4O2/c1-5(14)13(6(2)15)12-8-4-3-7(9)10-11-8/h3-4H,1-2H3,(H,11,12). The highest BCUT2D eigenvalue weighted by molar-refractivity contribution is 6.29. The average molecular weight is 229 g/mol. The molecule has 0 unspecified atom stereocenters. The van der Waals surface area contributed by atoms with Gasteiger partial charge in [0.05, 0.1) is 0 Å². The summed E-state index contributed by atoms with van der Waals surface area (Å²) in [5, 5.41) is 8.26. The van der Waals surface area contributed by atoms with Crippen LogP contribution in [0.15, 0.2) is 12.1 Å². The van der Waals surface area contributed by atoms with Crippen molar-refractivity contribution in [1.82, 2.24) is 15.2 Å². The molecule has 0 fully saturated rings. The molecule has 1 rings (SSSR count). The predicted octanol–water partition coefficient (Wildman–Crippen LogP) is 0.852. The first-order chi connectivity index (χ1) is 7.00. The Hall–Kier alpha value is -1.69. The largest absolute Gasteiger partial charge is 0.273 e. The normalized spacial score (nSPS) is 9.53. The first kappa shape index (κ1) is 11.4. The summed E-state index contributed by atoms with van der Waals surface area (Å²) in [5.41, 5.74) is 2.51. The number of amides is 2. The van der Waals surface area contributed by atoms with E-state index in [1.165, 1.54) is 26.0 Å². The van der Waals surface area contributed by atoms with Gasteiger partial charge < -0.3 is 0 Å². The molecule has 0 saturated heterocycles. The second-order valence-corrected chi connectivity index (χ2v) is 3.11. The molecule has 7 heteroatoms. The number of rotatable bonds is 2. The minimum atomic E-state index is -0.431. The third-order valence-electron chi connectivity index (χ3n) is 1.49. The first-order valence-electron chi connectivity index (χ1n) is 4.08. The fourth-order valence-corrected chi connectivity index (χ4v) is 0.970. The fourth-order valence-electron chi connectivity index (χ4n) is 0.869.